The lowest BCUT2D eigenvalue weighted by Crippen LogP contribution is -2.39. The van der Waals surface area contributed by atoms with Crippen LogP contribution in [0.15, 0.2) is 24.3 Å². The van der Waals surface area contributed by atoms with Crippen LogP contribution in [0.5, 0.6) is 0 Å². The molecule has 0 saturated carbocycles. The number of amides is 2. The minimum Gasteiger partial charge on any atom is -0.393 e. The number of rotatable bonds is 6. The quantitative estimate of drug-likeness (QED) is 0.832. The predicted octanol–water partition coefficient (Wildman–Crippen LogP) is 1.30. The van der Waals surface area contributed by atoms with E-state index >= 15 is 0 Å². The van der Waals surface area contributed by atoms with E-state index in [-0.39, 0.29) is 18.4 Å². The third-order valence-electron chi connectivity index (χ3n) is 2.83. The summed E-state index contributed by atoms with van der Waals surface area (Å²) < 4.78 is 0. The molecule has 0 heterocycles. The molecule has 0 saturated heterocycles. The number of carbonyl (C=O) groups is 2. The van der Waals surface area contributed by atoms with Crippen molar-refractivity contribution in [3.63, 3.8) is 0 Å². The molecule has 1 unspecified atom stereocenters. The van der Waals surface area contributed by atoms with Gasteiger partial charge in [-0.05, 0) is 25.5 Å². The first kappa shape index (κ1) is 16.5. The second-order valence-electron chi connectivity index (χ2n) is 4.62. The fourth-order valence-corrected chi connectivity index (χ4v) is 1.76. The summed E-state index contributed by atoms with van der Waals surface area (Å²) in [5.74, 6) is -0.598. The van der Waals surface area contributed by atoms with Crippen molar-refractivity contribution in [3.05, 3.63) is 34.9 Å². The minimum absolute atomic E-state index is 0.0969. The van der Waals surface area contributed by atoms with Gasteiger partial charge >= 0.3 is 0 Å². The van der Waals surface area contributed by atoms with E-state index in [2.05, 4.69) is 5.32 Å². The molecule has 1 aromatic rings. The van der Waals surface area contributed by atoms with Crippen LogP contribution in [0.3, 0.4) is 0 Å². The molecule has 5 nitrogen and oxygen atoms in total. The summed E-state index contributed by atoms with van der Waals surface area (Å²) in [5, 5.41) is 12.0. The number of halogens is 1. The van der Waals surface area contributed by atoms with E-state index in [1.165, 1.54) is 4.90 Å². The van der Waals surface area contributed by atoms with Crippen LogP contribution in [-0.4, -0.2) is 48.1 Å². The summed E-state index contributed by atoms with van der Waals surface area (Å²) in [6.45, 7) is 2.01. The molecule has 0 aliphatic carbocycles. The van der Waals surface area contributed by atoms with Gasteiger partial charge in [-0.3, -0.25) is 9.59 Å². The largest absolute Gasteiger partial charge is 0.393 e. The third kappa shape index (κ3) is 5.19. The van der Waals surface area contributed by atoms with Crippen molar-refractivity contribution >= 4 is 23.4 Å². The average molecular weight is 299 g/mol. The van der Waals surface area contributed by atoms with E-state index in [0.29, 0.717) is 23.6 Å². The number of hydrogen-bond acceptors (Lipinski definition) is 3. The standard InChI is InChI=1S/C14H19ClN2O3/c1-10(18)7-8-17(2)13(19)9-16-14(20)11-5-3-4-6-12(11)15/h3-6,10,18H,7-9H2,1-2H3,(H,16,20). The molecule has 2 amide bonds. The third-order valence-corrected chi connectivity index (χ3v) is 3.16. The number of likely N-dealkylation sites (N-methyl/N-ethyl adjacent to an activating group) is 1. The number of nitrogens with zero attached hydrogens (tertiary/aromatic N) is 1. The maximum Gasteiger partial charge on any atom is 0.253 e. The van der Waals surface area contributed by atoms with Crippen molar-refractivity contribution in [3.8, 4) is 0 Å². The van der Waals surface area contributed by atoms with Gasteiger partial charge in [0.05, 0.1) is 23.2 Å². The number of nitrogens with one attached hydrogen (secondary N) is 1. The van der Waals surface area contributed by atoms with E-state index in [1.807, 2.05) is 0 Å². The second kappa shape index (κ2) is 7.87. The average Bonchev–Trinajstić information content (AvgIpc) is 2.42. The lowest BCUT2D eigenvalue weighted by atomic mass is 10.2. The molecule has 0 aliphatic heterocycles. The molecule has 20 heavy (non-hydrogen) atoms. The van der Waals surface area contributed by atoms with E-state index in [1.54, 1.807) is 38.2 Å². The highest BCUT2D eigenvalue weighted by molar-refractivity contribution is 6.33. The van der Waals surface area contributed by atoms with Gasteiger partial charge in [0, 0.05) is 13.6 Å². The molecular weight excluding hydrogens is 280 g/mol. The van der Waals surface area contributed by atoms with Crippen molar-refractivity contribution in [2.45, 2.75) is 19.4 Å². The number of aliphatic hydroxyl groups excluding tert-OH is 1. The van der Waals surface area contributed by atoms with Crippen LogP contribution in [0.1, 0.15) is 23.7 Å². The maximum atomic E-state index is 11.9. The molecule has 0 radical (unpaired) electrons. The molecule has 0 aliphatic rings. The molecule has 1 rings (SSSR count). The Morgan fingerprint density at radius 3 is 2.65 bits per heavy atom. The van der Waals surface area contributed by atoms with Crippen molar-refractivity contribution in [1.82, 2.24) is 10.2 Å². The molecule has 0 aromatic heterocycles. The highest BCUT2D eigenvalue weighted by atomic mass is 35.5. The molecule has 0 spiro atoms. The van der Waals surface area contributed by atoms with Crippen LogP contribution in [0.25, 0.3) is 0 Å². The number of benzene rings is 1. The fraction of sp³-hybridized carbons (Fsp3) is 0.429. The smallest absolute Gasteiger partial charge is 0.253 e. The second-order valence-corrected chi connectivity index (χ2v) is 5.02. The zero-order chi connectivity index (χ0) is 15.1. The first-order valence-electron chi connectivity index (χ1n) is 6.36. The topological polar surface area (TPSA) is 69.6 Å². The molecule has 6 heteroatoms. The molecule has 0 fully saturated rings. The molecule has 1 atom stereocenters. The summed E-state index contributed by atoms with van der Waals surface area (Å²) >= 11 is 5.90. The number of hydrogen-bond donors (Lipinski definition) is 2. The number of aliphatic hydroxyl groups is 1. The van der Waals surface area contributed by atoms with Gasteiger partial charge in [-0.15, -0.1) is 0 Å². The van der Waals surface area contributed by atoms with Crippen LogP contribution in [0.4, 0.5) is 0 Å². The van der Waals surface area contributed by atoms with Gasteiger partial charge in [-0.25, -0.2) is 0 Å². The van der Waals surface area contributed by atoms with Gasteiger partial charge in [-0.1, -0.05) is 23.7 Å². The lowest BCUT2D eigenvalue weighted by molar-refractivity contribution is -0.129. The van der Waals surface area contributed by atoms with Gasteiger partial charge in [0.15, 0.2) is 0 Å². The van der Waals surface area contributed by atoms with Crippen LogP contribution < -0.4 is 5.32 Å². The Morgan fingerprint density at radius 1 is 1.40 bits per heavy atom. The highest BCUT2D eigenvalue weighted by Gasteiger charge is 2.13. The molecular formula is C14H19ClN2O3. The summed E-state index contributed by atoms with van der Waals surface area (Å²) in [7, 11) is 1.63. The van der Waals surface area contributed by atoms with Crippen molar-refractivity contribution in [1.29, 1.82) is 0 Å². The Labute approximate surface area is 123 Å². The van der Waals surface area contributed by atoms with E-state index < -0.39 is 6.10 Å². The van der Waals surface area contributed by atoms with Crippen LogP contribution in [-0.2, 0) is 4.79 Å². The highest BCUT2D eigenvalue weighted by Crippen LogP contribution is 2.14. The normalized spacial score (nSPS) is 11.8. The van der Waals surface area contributed by atoms with Gasteiger partial charge < -0.3 is 15.3 Å². The first-order valence-corrected chi connectivity index (χ1v) is 6.74. The van der Waals surface area contributed by atoms with Gasteiger partial charge in [0.2, 0.25) is 5.91 Å². The Morgan fingerprint density at radius 2 is 2.05 bits per heavy atom. The Hall–Kier alpha value is -1.59. The SMILES string of the molecule is CC(O)CCN(C)C(=O)CNC(=O)c1ccccc1Cl. The van der Waals surface area contributed by atoms with Gasteiger partial charge in [0.25, 0.3) is 5.91 Å². The van der Waals surface area contributed by atoms with E-state index in [9.17, 15) is 9.59 Å². The number of carbonyl (C=O) groups excluding carboxylic acids is 2. The minimum atomic E-state index is -0.456. The summed E-state index contributed by atoms with van der Waals surface area (Å²) in [6.07, 6.45) is 0.0451. The molecule has 1 aromatic carbocycles. The molecule has 0 bridgehead atoms. The van der Waals surface area contributed by atoms with Crippen molar-refractivity contribution in [2.24, 2.45) is 0 Å². The van der Waals surface area contributed by atoms with Crippen LogP contribution in [0.2, 0.25) is 5.02 Å². The molecule has 110 valence electrons. The van der Waals surface area contributed by atoms with Gasteiger partial charge in [-0.2, -0.15) is 0 Å². The summed E-state index contributed by atoms with van der Waals surface area (Å²) in [6, 6.07) is 6.65. The van der Waals surface area contributed by atoms with Crippen LogP contribution in [0, 0.1) is 0 Å². The first-order chi connectivity index (χ1) is 9.41. The Bertz CT molecular complexity index is 477. The Kier molecular flexibility index (Phi) is 6.48. The maximum absolute atomic E-state index is 11.9. The lowest BCUT2D eigenvalue weighted by Gasteiger charge is -2.18. The zero-order valence-corrected chi connectivity index (χ0v) is 12.4. The predicted molar refractivity (Wildman–Crippen MR) is 77.7 cm³/mol. The summed E-state index contributed by atoms with van der Waals surface area (Å²) in [5.41, 5.74) is 0.341. The van der Waals surface area contributed by atoms with Crippen molar-refractivity contribution in [2.75, 3.05) is 20.1 Å². The molecule has 2 N–H and O–H groups in total. The van der Waals surface area contributed by atoms with Crippen LogP contribution >= 0.6 is 11.6 Å². The summed E-state index contributed by atoms with van der Waals surface area (Å²) in [4.78, 5) is 25.1. The fourth-order valence-electron chi connectivity index (χ4n) is 1.54. The zero-order valence-electron chi connectivity index (χ0n) is 11.6. The Balaban J connectivity index is 2.45. The van der Waals surface area contributed by atoms with Gasteiger partial charge in [0.1, 0.15) is 0 Å². The van der Waals surface area contributed by atoms with E-state index in [0.717, 1.165) is 0 Å². The van der Waals surface area contributed by atoms with Crippen molar-refractivity contribution < 1.29 is 14.7 Å². The van der Waals surface area contributed by atoms with E-state index in [4.69, 9.17) is 16.7 Å². The monoisotopic (exact) mass is 298 g/mol.